The van der Waals surface area contributed by atoms with E-state index in [2.05, 4.69) is 10.9 Å². The first kappa shape index (κ1) is 19.9. The number of ether oxygens (including phenoxy) is 1. The number of hydrazine groups is 1. The van der Waals surface area contributed by atoms with Crippen molar-refractivity contribution >= 4 is 45.8 Å². The number of hydrogen-bond acceptors (Lipinski definition) is 3. The van der Waals surface area contributed by atoms with Gasteiger partial charge in [0.15, 0.2) is 6.10 Å². The number of amides is 2. The highest BCUT2D eigenvalue weighted by atomic mass is 35.5. The molecule has 2 N–H and O–H groups in total. The summed E-state index contributed by atoms with van der Waals surface area (Å²) in [6.45, 7) is 1.53. The zero-order chi connectivity index (χ0) is 20.3. The molecule has 0 aliphatic heterocycles. The zero-order valence-corrected chi connectivity index (χ0v) is 16.1. The van der Waals surface area contributed by atoms with E-state index in [1.54, 1.807) is 6.07 Å². The fourth-order valence-electron chi connectivity index (χ4n) is 2.48. The highest BCUT2D eigenvalue weighted by molar-refractivity contribution is 6.36. The minimum atomic E-state index is -0.890. The van der Waals surface area contributed by atoms with Gasteiger partial charge in [0.1, 0.15) is 11.6 Å². The molecule has 3 rings (SSSR count). The summed E-state index contributed by atoms with van der Waals surface area (Å²) >= 11 is 11.5. The molecule has 28 heavy (non-hydrogen) atoms. The van der Waals surface area contributed by atoms with Gasteiger partial charge in [0.05, 0.1) is 15.6 Å². The highest BCUT2D eigenvalue weighted by Crippen LogP contribution is 2.24. The average molecular weight is 421 g/mol. The van der Waals surface area contributed by atoms with Gasteiger partial charge in [0, 0.05) is 0 Å². The monoisotopic (exact) mass is 420 g/mol. The summed E-state index contributed by atoms with van der Waals surface area (Å²) in [5, 5.41) is 1.77. The number of nitrogens with one attached hydrogen (secondary N) is 2. The molecule has 0 aromatic heterocycles. The van der Waals surface area contributed by atoms with Crippen LogP contribution in [-0.2, 0) is 4.79 Å². The molecule has 3 aromatic carbocycles. The summed E-state index contributed by atoms with van der Waals surface area (Å²) in [6, 6.07) is 15.2. The van der Waals surface area contributed by atoms with Gasteiger partial charge in [-0.05, 0) is 42.0 Å². The van der Waals surface area contributed by atoms with Gasteiger partial charge < -0.3 is 4.74 Å². The van der Waals surface area contributed by atoms with E-state index >= 15 is 0 Å². The molecule has 144 valence electrons. The molecule has 0 fully saturated rings. The summed E-state index contributed by atoms with van der Waals surface area (Å²) in [4.78, 5) is 24.3. The van der Waals surface area contributed by atoms with Crippen LogP contribution in [0.25, 0.3) is 10.8 Å². The Balaban J connectivity index is 1.60. The smallest absolute Gasteiger partial charge is 0.279 e. The second-order valence-corrected chi connectivity index (χ2v) is 6.77. The van der Waals surface area contributed by atoms with Gasteiger partial charge in [0.25, 0.3) is 11.8 Å². The van der Waals surface area contributed by atoms with Crippen molar-refractivity contribution in [2.75, 3.05) is 0 Å². The van der Waals surface area contributed by atoms with Crippen molar-refractivity contribution < 1.29 is 18.7 Å². The van der Waals surface area contributed by atoms with Crippen LogP contribution in [0, 0.1) is 5.82 Å². The van der Waals surface area contributed by atoms with E-state index in [4.69, 9.17) is 27.9 Å². The Hall–Kier alpha value is -2.83. The Morgan fingerprint density at radius 2 is 1.68 bits per heavy atom. The second-order valence-electron chi connectivity index (χ2n) is 5.96. The lowest BCUT2D eigenvalue weighted by Gasteiger charge is -2.16. The van der Waals surface area contributed by atoms with Crippen molar-refractivity contribution in [3.05, 3.63) is 76.0 Å². The molecule has 1 unspecified atom stereocenters. The van der Waals surface area contributed by atoms with Crippen molar-refractivity contribution in [2.24, 2.45) is 0 Å². The molecular formula is C20H15Cl2FN2O3. The van der Waals surface area contributed by atoms with Gasteiger partial charge in [-0.15, -0.1) is 0 Å². The molecular weight excluding hydrogens is 406 g/mol. The molecule has 0 aliphatic carbocycles. The van der Waals surface area contributed by atoms with E-state index in [9.17, 15) is 14.0 Å². The lowest BCUT2D eigenvalue weighted by atomic mass is 10.1. The summed E-state index contributed by atoms with van der Waals surface area (Å²) in [5.41, 5.74) is 4.23. The van der Waals surface area contributed by atoms with Crippen molar-refractivity contribution in [1.29, 1.82) is 0 Å². The Kier molecular flexibility index (Phi) is 6.02. The van der Waals surface area contributed by atoms with Crippen LogP contribution in [-0.4, -0.2) is 17.9 Å². The molecule has 3 aromatic rings. The van der Waals surface area contributed by atoms with Crippen LogP contribution < -0.4 is 15.6 Å². The van der Waals surface area contributed by atoms with Crippen LogP contribution in [0.2, 0.25) is 10.0 Å². The van der Waals surface area contributed by atoms with E-state index < -0.39 is 23.7 Å². The first-order valence-corrected chi connectivity index (χ1v) is 9.01. The van der Waals surface area contributed by atoms with Gasteiger partial charge in [-0.25, -0.2) is 4.39 Å². The maximum absolute atomic E-state index is 13.5. The van der Waals surface area contributed by atoms with E-state index in [-0.39, 0.29) is 15.6 Å². The van der Waals surface area contributed by atoms with E-state index in [0.717, 1.165) is 22.9 Å². The number of carbonyl (C=O) groups excluding carboxylic acids is 2. The minimum absolute atomic E-state index is 0.0430. The molecule has 0 saturated heterocycles. The third kappa shape index (κ3) is 4.52. The van der Waals surface area contributed by atoms with Crippen LogP contribution in [0.4, 0.5) is 4.39 Å². The van der Waals surface area contributed by atoms with E-state index in [1.165, 1.54) is 6.92 Å². The van der Waals surface area contributed by atoms with Gasteiger partial charge in [-0.3, -0.25) is 20.4 Å². The fourth-order valence-corrected chi connectivity index (χ4v) is 2.95. The molecule has 2 amide bonds. The van der Waals surface area contributed by atoms with Crippen LogP contribution in [0.1, 0.15) is 17.3 Å². The number of hydrogen-bond donors (Lipinski definition) is 2. The molecule has 0 heterocycles. The maximum atomic E-state index is 13.5. The Morgan fingerprint density at radius 3 is 2.43 bits per heavy atom. The highest BCUT2D eigenvalue weighted by Gasteiger charge is 2.18. The average Bonchev–Trinajstić information content (AvgIpc) is 2.68. The number of benzene rings is 3. The lowest BCUT2D eigenvalue weighted by molar-refractivity contribution is -0.128. The van der Waals surface area contributed by atoms with E-state index in [0.29, 0.717) is 5.75 Å². The third-order valence-corrected chi connectivity index (χ3v) is 4.56. The fraction of sp³-hybridized carbons (Fsp3) is 0.100. The summed E-state index contributed by atoms with van der Waals surface area (Å²) < 4.78 is 19.1. The molecule has 0 saturated carbocycles. The Labute approximate surface area is 170 Å². The first-order valence-electron chi connectivity index (χ1n) is 8.25. The third-order valence-electron chi connectivity index (χ3n) is 3.96. The molecule has 1 atom stereocenters. The number of carbonyl (C=O) groups is 2. The standard InChI is InChI=1S/C20H15Cl2FN2O3/c1-11(28-14-7-6-12-4-2-3-5-13(12)8-14)19(26)24-25-20(27)15-9-18(23)17(22)10-16(15)21/h2-11H,1H3,(H,24,26)(H,25,27). The van der Waals surface area contributed by atoms with Crippen molar-refractivity contribution in [2.45, 2.75) is 13.0 Å². The molecule has 0 spiro atoms. The quantitative estimate of drug-likeness (QED) is 0.481. The van der Waals surface area contributed by atoms with E-state index in [1.807, 2.05) is 36.4 Å². The van der Waals surface area contributed by atoms with Gasteiger partial charge in [-0.1, -0.05) is 53.5 Å². The van der Waals surface area contributed by atoms with Crippen molar-refractivity contribution in [3.63, 3.8) is 0 Å². The topological polar surface area (TPSA) is 67.4 Å². The molecule has 0 aliphatic rings. The van der Waals surface area contributed by atoms with Crippen LogP contribution in [0.3, 0.4) is 0 Å². The first-order chi connectivity index (χ1) is 13.3. The lowest BCUT2D eigenvalue weighted by Crippen LogP contribution is -2.47. The molecule has 5 nitrogen and oxygen atoms in total. The number of rotatable bonds is 4. The van der Waals surface area contributed by atoms with Gasteiger partial charge >= 0.3 is 0 Å². The number of halogens is 3. The summed E-state index contributed by atoms with van der Waals surface area (Å²) in [7, 11) is 0. The van der Waals surface area contributed by atoms with Gasteiger partial charge in [-0.2, -0.15) is 0 Å². The summed E-state index contributed by atoms with van der Waals surface area (Å²) in [5.74, 6) is -1.66. The number of fused-ring (bicyclic) bond motifs is 1. The predicted molar refractivity (Wildman–Crippen MR) is 106 cm³/mol. The Morgan fingerprint density at radius 1 is 0.964 bits per heavy atom. The van der Waals surface area contributed by atoms with Crippen LogP contribution >= 0.6 is 23.2 Å². The zero-order valence-electron chi connectivity index (χ0n) is 14.6. The largest absolute Gasteiger partial charge is 0.481 e. The maximum Gasteiger partial charge on any atom is 0.279 e. The SMILES string of the molecule is CC(Oc1ccc2ccccc2c1)C(=O)NNC(=O)c1cc(F)c(Cl)cc1Cl. The minimum Gasteiger partial charge on any atom is -0.481 e. The Bertz CT molecular complexity index is 1060. The molecule has 0 radical (unpaired) electrons. The van der Waals surface area contributed by atoms with Crippen molar-refractivity contribution in [3.8, 4) is 5.75 Å². The summed E-state index contributed by atoms with van der Waals surface area (Å²) in [6.07, 6.45) is -0.890. The normalized spacial score (nSPS) is 11.7. The van der Waals surface area contributed by atoms with Crippen LogP contribution in [0.5, 0.6) is 5.75 Å². The molecule has 0 bridgehead atoms. The second kappa shape index (κ2) is 8.46. The molecule has 8 heteroatoms. The van der Waals surface area contributed by atoms with Gasteiger partial charge in [0.2, 0.25) is 0 Å². The van der Waals surface area contributed by atoms with Crippen molar-refractivity contribution in [1.82, 2.24) is 10.9 Å². The predicted octanol–water partition coefficient (Wildman–Crippen LogP) is 4.51. The van der Waals surface area contributed by atoms with Crippen LogP contribution in [0.15, 0.2) is 54.6 Å².